The average Bonchev–Trinajstić information content (AvgIpc) is 3.35. The van der Waals surface area contributed by atoms with Crippen molar-refractivity contribution < 1.29 is 9.21 Å². The lowest BCUT2D eigenvalue weighted by atomic mass is 10.0. The van der Waals surface area contributed by atoms with E-state index in [4.69, 9.17) is 4.42 Å². The van der Waals surface area contributed by atoms with Crippen LogP contribution >= 0.6 is 0 Å². The molecule has 1 aromatic rings. The van der Waals surface area contributed by atoms with E-state index < -0.39 is 0 Å². The van der Waals surface area contributed by atoms with E-state index in [1.165, 1.54) is 38.5 Å². The number of nitrogens with zero attached hydrogens (tertiary/aromatic N) is 3. The zero-order valence-electron chi connectivity index (χ0n) is 15.2. The summed E-state index contributed by atoms with van der Waals surface area (Å²) in [6.07, 6.45) is 9.75. The molecule has 2 aliphatic rings. The molecular formula is C19H30N4O2. The van der Waals surface area contributed by atoms with Gasteiger partial charge in [-0.2, -0.15) is 0 Å². The van der Waals surface area contributed by atoms with Crippen molar-refractivity contribution in [2.45, 2.75) is 38.5 Å². The van der Waals surface area contributed by atoms with Gasteiger partial charge in [-0.25, -0.2) is 0 Å². The van der Waals surface area contributed by atoms with E-state index in [1.807, 2.05) is 11.9 Å². The van der Waals surface area contributed by atoms with Crippen molar-refractivity contribution in [1.29, 1.82) is 0 Å². The molecule has 0 bridgehead atoms. The van der Waals surface area contributed by atoms with Crippen molar-refractivity contribution in [2.75, 3.05) is 39.8 Å². The number of nitrogens with one attached hydrogen (secondary N) is 1. The Morgan fingerprint density at radius 2 is 1.96 bits per heavy atom. The molecule has 138 valence electrons. The summed E-state index contributed by atoms with van der Waals surface area (Å²) in [5.41, 5.74) is 0. The fourth-order valence-electron chi connectivity index (χ4n) is 3.90. The molecule has 6 heteroatoms. The Kier molecular flexibility index (Phi) is 6.36. The van der Waals surface area contributed by atoms with Gasteiger partial charge in [0, 0.05) is 39.8 Å². The SMILES string of the molecule is CN=C(NCCCC1CCCC1)N1CCN(C(=O)c2ccco2)CC1. The topological polar surface area (TPSA) is 61.1 Å². The molecule has 1 aliphatic carbocycles. The van der Waals surface area contributed by atoms with Crippen molar-refractivity contribution in [2.24, 2.45) is 10.9 Å². The number of piperazine rings is 1. The molecule has 0 aromatic carbocycles. The lowest BCUT2D eigenvalue weighted by Crippen LogP contribution is -2.53. The molecule has 0 unspecified atom stereocenters. The Balaban J connectivity index is 1.38. The highest BCUT2D eigenvalue weighted by Gasteiger charge is 2.25. The molecule has 0 radical (unpaired) electrons. The Bertz CT molecular complexity index is 556. The summed E-state index contributed by atoms with van der Waals surface area (Å²) in [4.78, 5) is 20.8. The second kappa shape index (κ2) is 8.92. The molecular weight excluding hydrogens is 316 g/mol. The maximum atomic E-state index is 12.3. The first-order chi connectivity index (χ1) is 12.3. The normalized spacial score (nSPS) is 19.5. The standard InChI is InChI=1S/C19H30N4O2/c1-20-19(21-10-4-8-16-6-2-3-7-16)23-13-11-22(12-14-23)18(24)17-9-5-15-25-17/h5,9,15-16H,2-4,6-8,10-14H2,1H3,(H,20,21). The van der Waals surface area contributed by atoms with E-state index >= 15 is 0 Å². The minimum absolute atomic E-state index is 0.0239. The van der Waals surface area contributed by atoms with Crippen molar-refractivity contribution in [3.63, 3.8) is 0 Å². The highest BCUT2D eigenvalue weighted by Crippen LogP contribution is 2.28. The number of amides is 1. The second-order valence-corrected chi connectivity index (χ2v) is 7.02. The molecule has 1 saturated carbocycles. The van der Waals surface area contributed by atoms with Gasteiger partial charge < -0.3 is 19.5 Å². The highest BCUT2D eigenvalue weighted by molar-refractivity contribution is 5.91. The smallest absolute Gasteiger partial charge is 0.289 e. The number of furan rings is 1. The van der Waals surface area contributed by atoms with Crippen LogP contribution in [0.15, 0.2) is 27.8 Å². The molecule has 1 amide bonds. The van der Waals surface area contributed by atoms with Gasteiger partial charge in [0.25, 0.3) is 5.91 Å². The van der Waals surface area contributed by atoms with E-state index in [2.05, 4.69) is 15.2 Å². The number of guanidine groups is 1. The molecule has 1 aromatic heterocycles. The van der Waals surface area contributed by atoms with Gasteiger partial charge in [0.15, 0.2) is 11.7 Å². The van der Waals surface area contributed by atoms with Crippen LogP contribution < -0.4 is 5.32 Å². The van der Waals surface area contributed by atoms with Crippen LogP contribution in [-0.2, 0) is 0 Å². The van der Waals surface area contributed by atoms with E-state index in [9.17, 15) is 4.79 Å². The third-order valence-electron chi connectivity index (χ3n) is 5.36. The van der Waals surface area contributed by atoms with Crippen molar-refractivity contribution >= 4 is 11.9 Å². The monoisotopic (exact) mass is 346 g/mol. The molecule has 2 heterocycles. The van der Waals surface area contributed by atoms with Crippen LogP contribution in [0.5, 0.6) is 0 Å². The van der Waals surface area contributed by atoms with E-state index in [0.717, 1.165) is 31.5 Å². The van der Waals surface area contributed by atoms with Crippen LogP contribution in [0.2, 0.25) is 0 Å². The van der Waals surface area contributed by atoms with Gasteiger partial charge in [-0.1, -0.05) is 25.7 Å². The first kappa shape index (κ1) is 17.8. The quantitative estimate of drug-likeness (QED) is 0.506. The van der Waals surface area contributed by atoms with Gasteiger partial charge >= 0.3 is 0 Å². The van der Waals surface area contributed by atoms with Gasteiger partial charge in [-0.3, -0.25) is 9.79 Å². The third-order valence-corrected chi connectivity index (χ3v) is 5.36. The van der Waals surface area contributed by atoms with Crippen LogP contribution in [0.1, 0.15) is 49.1 Å². The van der Waals surface area contributed by atoms with Crippen LogP contribution in [0.4, 0.5) is 0 Å². The summed E-state index contributed by atoms with van der Waals surface area (Å²) in [7, 11) is 1.83. The predicted molar refractivity (Wildman–Crippen MR) is 98.7 cm³/mol. The number of hydrogen-bond acceptors (Lipinski definition) is 3. The zero-order valence-corrected chi connectivity index (χ0v) is 15.2. The van der Waals surface area contributed by atoms with Gasteiger partial charge in [0.05, 0.1) is 6.26 Å². The Labute approximate surface area is 150 Å². The largest absolute Gasteiger partial charge is 0.459 e. The molecule has 0 spiro atoms. The van der Waals surface area contributed by atoms with Crippen LogP contribution in [0.25, 0.3) is 0 Å². The van der Waals surface area contributed by atoms with Crippen LogP contribution in [0.3, 0.4) is 0 Å². The van der Waals surface area contributed by atoms with Crippen molar-refractivity contribution in [3.8, 4) is 0 Å². The van der Waals surface area contributed by atoms with Crippen molar-refractivity contribution in [1.82, 2.24) is 15.1 Å². The van der Waals surface area contributed by atoms with Gasteiger partial charge in [-0.05, 0) is 30.9 Å². The summed E-state index contributed by atoms with van der Waals surface area (Å²) in [5, 5.41) is 3.49. The minimum atomic E-state index is -0.0239. The molecule has 1 N–H and O–H groups in total. The molecule has 1 aliphatic heterocycles. The highest BCUT2D eigenvalue weighted by atomic mass is 16.3. The predicted octanol–water partition coefficient (Wildman–Crippen LogP) is 2.58. The zero-order chi connectivity index (χ0) is 17.5. The minimum Gasteiger partial charge on any atom is -0.459 e. The van der Waals surface area contributed by atoms with E-state index in [0.29, 0.717) is 18.8 Å². The fraction of sp³-hybridized carbons (Fsp3) is 0.684. The van der Waals surface area contributed by atoms with E-state index in [-0.39, 0.29) is 5.91 Å². The summed E-state index contributed by atoms with van der Waals surface area (Å²) < 4.78 is 5.21. The number of carbonyl (C=O) groups excluding carboxylic acids is 1. The van der Waals surface area contributed by atoms with Crippen molar-refractivity contribution in [3.05, 3.63) is 24.2 Å². The Morgan fingerprint density at radius 1 is 1.24 bits per heavy atom. The molecule has 2 fully saturated rings. The first-order valence-electron chi connectivity index (χ1n) is 9.56. The summed E-state index contributed by atoms with van der Waals surface area (Å²) >= 11 is 0. The molecule has 0 atom stereocenters. The maximum Gasteiger partial charge on any atom is 0.289 e. The number of carbonyl (C=O) groups is 1. The number of hydrogen-bond donors (Lipinski definition) is 1. The van der Waals surface area contributed by atoms with E-state index in [1.54, 1.807) is 18.4 Å². The summed E-state index contributed by atoms with van der Waals surface area (Å²) in [6.45, 7) is 3.98. The molecule has 1 saturated heterocycles. The Hall–Kier alpha value is -1.98. The maximum absolute atomic E-state index is 12.3. The van der Waals surface area contributed by atoms with Crippen LogP contribution in [-0.4, -0.2) is 61.4 Å². The van der Waals surface area contributed by atoms with Gasteiger partial charge in [0.2, 0.25) is 0 Å². The summed E-state index contributed by atoms with van der Waals surface area (Å²) in [6, 6.07) is 3.47. The number of aliphatic imine (C=N–C) groups is 1. The fourth-order valence-corrected chi connectivity index (χ4v) is 3.90. The second-order valence-electron chi connectivity index (χ2n) is 7.02. The van der Waals surface area contributed by atoms with Gasteiger partial charge in [0.1, 0.15) is 0 Å². The lowest BCUT2D eigenvalue weighted by molar-refractivity contribution is 0.0657. The molecule has 3 rings (SSSR count). The Morgan fingerprint density at radius 3 is 2.60 bits per heavy atom. The third kappa shape index (κ3) is 4.77. The lowest BCUT2D eigenvalue weighted by Gasteiger charge is -2.36. The molecule has 6 nitrogen and oxygen atoms in total. The van der Waals surface area contributed by atoms with Gasteiger partial charge in [-0.15, -0.1) is 0 Å². The average molecular weight is 346 g/mol. The molecule has 25 heavy (non-hydrogen) atoms. The first-order valence-corrected chi connectivity index (χ1v) is 9.56. The number of rotatable bonds is 5. The van der Waals surface area contributed by atoms with Crippen LogP contribution in [0, 0.1) is 5.92 Å². The summed E-state index contributed by atoms with van der Waals surface area (Å²) in [5.74, 6) is 2.29.